The van der Waals surface area contributed by atoms with E-state index in [1.165, 1.54) is 24.0 Å². The maximum absolute atomic E-state index is 13.4. The first-order valence-corrected chi connectivity index (χ1v) is 6.92. The second-order valence-corrected chi connectivity index (χ2v) is 5.31. The lowest BCUT2D eigenvalue weighted by molar-refractivity contribution is -0.140. The van der Waals surface area contributed by atoms with E-state index in [0.29, 0.717) is 37.3 Å². The van der Waals surface area contributed by atoms with E-state index < -0.39 is 11.9 Å². The minimum Gasteiger partial charge on any atom is -0.384 e. The monoisotopic (exact) mass is 294 g/mol. The van der Waals surface area contributed by atoms with Crippen LogP contribution < -0.4 is 0 Å². The van der Waals surface area contributed by atoms with E-state index in [-0.39, 0.29) is 11.8 Å². The van der Waals surface area contributed by atoms with Crippen LogP contribution in [0.3, 0.4) is 0 Å². The summed E-state index contributed by atoms with van der Waals surface area (Å²) >= 11 is 0. The summed E-state index contributed by atoms with van der Waals surface area (Å²) in [6, 6.07) is 4.25. The highest BCUT2D eigenvalue weighted by molar-refractivity contribution is 5.94. The molecule has 1 heterocycles. The number of aryl methyl sites for hydroxylation is 1. The molecule has 21 heavy (non-hydrogen) atoms. The number of rotatable bonds is 2. The molecule has 0 aromatic heterocycles. The Morgan fingerprint density at radius 3 is 2.24 bits per heavy atom. The molecule has 1 saturated heterocycles. The van der Waals surface area contributed by atoms with Gasteiger partial charge in [0.1, 0.15) is 11.9 Å². The maximum Gasteiger partial charge on any atom is 0.254 e. The third-order valence-corrected chi connectivity index (χ3v) is 3.53. The molecule has 0 unspecified atom stereocenters. The Kier molecular flexibility index (Phi) is 4.57. The van der Waals surface area contributed by atoms with Gasteiger partial charge in [-0.3, -0.25) is 9.59 Å². The highest BCUT2D eigenvalue weighted by Gasteiger charge is 2.26. The third-order valence-electron chi connectivity index (χ3n) is 3.53. The van der Waals surface area contributed by atoms with E-state index >= 15 is 0 Å². The summed E-state index contributed by atoms with van der Waals surface area (Å²) in [4.78, 5) is 27.1. The highest BCUT2D eigenvalue weighted by atomic mass is 19.1. The summed E-state index contributed by atoms with van der Waals surface area (Å²) in [5.74, 6) is -0.994. The highest BCUT2D eigenvalue weighted by Crippen LogP contribution is 2.13. The fourth-order valence-corrected chi connectivity index (χ4v) is 2.44. The molecule has 1 atom stereocenters. The number of carbonyl (C=O) groups excluding carboxylic acids is 2. The number of hydrogen-bond acceptors (Lipinski definition) is 3. The Labute approximate surface area is 123 Å². The normalized spacial score (nSPS) is 16.8. The molecule has 2 rings (SSSR count). The average molecular weight is 294 g/mol. The average Bonchev–Trinajstić information content (AvgIpc) is 2.44. The molecule has 5 nitrogen and oxygen atoms in total. The summed E-state index contributed by atoms with van der Waals surface area (Å²) in [6.45, 7) is 4.68. The molecule has 114 valence electrons. The number of halogens is 1. The van der Waals surface area contributed by atoms with Gasteiger partial charge in [0.2, 0.25) is 0 Å². The van der Waals surface area contributed by atoms with Crippen LogP contribution in [0.1, 0.15) is 22.8 Å². The van der Waals surface area contributed by atoms with Crippen molar-refractivity contribution in [1.29, 1.82) is 0 Å². The van der Waals surface area contributed by atoms with Crippen LogP contribution in [-0.4, -0.2) is 59.0 Å². The van der Waals surface area contributed by atoms with Crippen LogP contribution >= 0.6 is 0 Å². The van der Waals surface area contributed by atoms with Gasteiger partial charge < -0.3 is 14.9 Å². The Balaban J connectivity index is 2.02. The number of amides is 2. The zero-order valence-electron chi connectivity index (χ0n) is 12.2. The molecule has 0 radical (unpaired) electrons. The summed E-state index contributed by atoms with van der Waals surface area (Å²) < 4.78 is 13.4. The van der Waals surface area contributed by atoms with Gasteiger partial charge in [-0.15, -0.1) is 0 Å². The molecule has 0 aliphatic carbocycles. The predicted octanol–water partition coefficient (Wildman–Crippen LogP) is 0.799. The van der Waals surface area contributed by atoms with Gasteiger partial charge in [-0.2, -0.15) is 0 Å². The van der Waals surface area contributed by atoms with Crippen LogP contribution in [-0.2, 0) is 4.79 Å². The van der Waals surface area contributed by atoms with Crippen molar-refractivity contribution in [2.75, 3.05) is 26.2 Å². The van der Waals surface area contributed by atoms with Crippen molar-refractivity contribution < 1.29 is 19.1 Å². The van der Waals surface area contributed by atoms with Gasteiger partial charge in [0.15, 0.2) is 0 Å². The van der Waals surface area contributed by atoms with Crippen LogP contribution in [0.25, 0.3) is 0 Å². The SMILES string of the molecule is Cc1cc(F)cc(C(=O)N2CCN(C(=O)[C@H](C)O)CC2)c1. The molecule has 1 N–H and O–H groups in total. The molecule has 1 aromatic carbocycles. The Morgan fingerprint density at radius 1 is 1.14 bits per heavy atom. The van der Waals surface area contributed by atoms with Crippen LogP contribution in [0.5, 0.6) is 0 Å². The Bertz CT molecular complexity index is 532. The lowest BCUT2D eigenvalue weighted by Gasteiger charge is -2.35. The fraction of sp³-hybridized carbons (Fsp3) is 0.467. The maximum atomic E-state index is 13.4. The number of nitrogens with zero attached hydrogens (tertiary/aromatic N) is 2. The van der Waals surface area contributed by atoms with Gasteiger partial charge in [0.25, 0.3) is 11.8 Å². The molecular weight excluding hydrogens is 275 g/mol. The zero-order chi connectivity index (χ0) is 15.6. The standard InChI is InChI=1S/C15H19FN2O3/c1-10-7-12(9-13(16)8-10)15(21)18-5-3-17(4-6-18)14(20)11(2)19/h7-9,11,19H,3-6H2,1-2H3/t11-/m0/s1. The Morgan fingerprint density at radius 2 is 1.71 bits per heavy atom. The molecular formula is C15H19FN2O3. The topological polar surface area (TPSA) is 60.9 Å². The summed E-state index contributed by atoms with van der Waals surface area (Å²) in [7, 11) is 0. The van der Waals surface area contributed by atoms with Crippen molar-refractivity contribution in [2.45, 2.75) is 20.0 Å². The largest absolute Gasteiger partial charge is 0.384 e. The van der Waals surface area contributed by atoms with Crippen molar-refractivity contribution in [3.63, 3.8) is 0 Å². The van der Waals surface area contributed by atoms with E-state index in [1.54, 1.807) is 17.9 Å². The summed E-state index contributed by atoms with van der Waals surface area (Å²) in [6.07, 6.45) is -1.03. The first-order chi connectivity index (χ1) is 9.88. The third kappa shape index (κ3) is 3.58. The van der Waals surface area contributed by atoms with Crippen LogP contribution in [0.4, 0.5) is 4.39 Å². The van der Waals surface area contributed by atoms with Crippen molar-refractivity contribution in [2.24, 2.45) is 0 Å². The van der Waals surface area contributed by atoms with E-state index in [2.05, 4.69) is 0 Å². The molecule has 1 aliphatic rings. The molecule has 1 aromatic rings. The number of piperazine rings is 1. The number of hydrogen-bond donors (Lipinski definition) is 1. The van der Waals surface area contributed by atoms with E-state index in [9.17, 15) is 19.1 Å². The molecule has 0 saturated carbocycles. The second-order valence-electron chi connectivity index (χ2n) is 5.31. The van der Waals surface area contributed by atoms with Gasteiger partial charge in [0.05, 0.1) is 0 Å². The molecule has 2 amide bonds. The zero-order valence-corrected chi connectivity index (χ0v) is 12.2. The summed E-state index contributed by atoms with van der Waals surface area (Å²) in [5.41, 5.74) is 1.02. The van der Waals surface area contributed by atoms with Gasteiger partial charge in [0, 0.05) is 31.7 Å². The van der Waals surface area contributed by atoms with Gasteiger partial charge >= 0.3 is 0 Å². The molecule has 6 heteroatoms. The van der Waals surface area contributed by atoms with Crippen LogP contribution in [0, 0.1) is 12.7 Å². The smallest absolute Gasteiger partial charge is 0.254 e. The summed E-state index contributed by atoms with van der Waals surface area (Å²) in [5, 5.41) is 9.27. The lowest BCUT2D eigenvalue weighted by atomic mass is 10.1. The first-order valence-electron chi connectivity index (χ1n) is 6.92. The number of aliphatic hydroxyl groups is 1. The molecule has 1 aliphatic heterocycles. The predicted molar refractivity (Wildman–Crippen MR) is 75.3 cm³/mol. The van der Waals surface area contributed by atoms with Gasteiger partial charge in [-0.25, -0.2) is 4.39 Å². The lowest BCUT2D eigenvalue weighted by Crippen LogP contribution is -2.52. The van der Waals surface area contributed by atoms with Gasteiger partial charge in [-0.1, -0.05) is 0 Å². The van der Waals surface area contributed by atoms with Crippen molar-refractivity contribution >= 4 is 11.8 Å². The van der Waals surface area contributed by atoms with Crippen molar-refractivity contribution in [3.8, 4) is 0 Å². The van der Waals surface area contributed by atoms with Gasteiger partial charge in [-0.05, 0) is 37.6 Å². The number of carbonyl (C=O) groups is 2. The minimum absolute atomic E-state index is 0.234. The fourth-order valence-electron chi connectivity index (χ4n) is 2.44. The second kappa shape index (κ2) is 6.22. The molecule has 1 fully saturated rings. The van der Waals surface area contributed by atoms with E-state index in [4.69, 9.17) is 0 Å². The van der Waals surface area contributed by atoms with E-state index in [1.807, 2.05) is 0 Å². The van der Waals surface area contributed by atoms with E-state index in [0.717, 1.165) is 0 Å². The van der Waals surface area contributed by atoms with Crippen LogP contribution in [0.15, 0.2) is 18.2 Å². The first kappa shape index (κ1) is 15.4. The molecule has 0 spiro atoms. The Hall–Kier alpha value is -1.95. The van der Waals surface area contributed by atoms with Crippen molar-refractivity contribution in [1.82, 2.24) is 9.80 Å². The quantitative estimate of drug-likeness (QED) is 0.877. The number of benzene rings is 1. The number of aliphatic hydroxyl groups excluding tert-OH is 1. The molecule has 0 bridgehead atoms. The van der Waals surface area contributed by atoms with Crippen molar-refractivity contribution in [3.05, 3.63) is 35.1 Å². The minimum atomic E-state index is -1.03. The van der Waals surface area contributed by atoms with Crippen LogP contribution in [0.2, 0.25) is 0 Å².